The Labute approximate surface area is 84.3 Å². The van der Waals surface area contributed by atoms with Gasteiger partial charge in [0, 0.05) is 20.6 Å². The van der Waals surface area contributed by atoms with Crippen LogP contribution in [-0.2, 0) is 14.2 Å². The highest BCUT2D eigenvalue weighted by Gasteiger charge is 2.37. The monoisotopic (exact) mass is 205 g/mol. The number of rotatable bonds is 4. The Hall–Kier alpha value is -0.200. The van der Waals surface area contributed by atoms with Gasteiger partial charge in [0.1, 0.15) is 0 Å². The van der Waals surface area contributed by atoms with E-state index in [0.717, 1.165) is 0 Å². The van der Waals surface area contributed by atoms with Crippen LogP contribution in [0.4, 0.5) is 0 Å². The highest BCUT2D eigenvalue weighted by atomic mass is 16.7. The zero-order chi connectivity index (χ0) is 10.6. The van der Waals surface area contributed by atoms with Gasteiger partial charge in [-0.05, 0) is 7.05 Å². The predicted molar refractivity (Wildman–Crippen MR) is 51.0 cm³/mol. The van der Waals surface area contributed by atoms with Crippen LogP contribution in [0.5, 0.6) is 0 Å². The summed E-state index contributed by atoms with van der Waals surface area (Å²) in [6.07, 6.45) is 0.124. The number of methoxy groups -OCH3 is 2. The van der Waals surface area contributed by atoms with Gasteiger partial charge in [-0.1, -0.05) is 0 Å². The van der Waals surface area contributed by atoms with Crippen molar-refractivity contribution in [2.24, 2.45) is 0 Å². The number of hydrogen-bond acceptors (Lipinski definition) is 5. The first-order valence-corrected chi connectivity index (χ1v) is 4.76. The van der Waals surface area contributed by atoms with Crippen molar-refractivity contribution in [2.75, 3.05) is 27.9 Å². The van der Waals surface area contributed by atoms with E-state index in [2.05, 4.69) is 5.32 Å². The van der Waals surface area contributed by atoms with Gasteiger partial charge in [-0.3, -0.25) is 0 Å². The van der Waals surface area contributed by atoms with E-state index < -0.39 is 0 Å². The lowest BCUT2D eigenvalue weighted by atomic mass is 10.0. The van der Waals surface area contributed by atoms with Crippen LogP contribution in [0.3, 0.4) is 0 Å². The molecule has 14 heavy (non-hydrogen) atoms. The topological polar surface area (TPSA) is 60.0 Å². The minimum Gasteiger partial charge on any atom is -0.394 e. The van der Waals surface area contributed by atoms with Crippen molar-refractivity contribution >= 4 is 0 Å². The van der Waals surface area contributed by atoms with Gasteiger partial charge in [0.25, 0.3) is 0 Å². The van der Waals surface area contributed by atoms with Crippen molar-refractivity contribution in [1.82, 2.24) is 5.32 Å². The molecule has 1 aliphatic heterocycles. The molecule has 1 heterocycles. The zero-order valence-corrected chi connectivity index (χ0v) is 8.90. The third-order valence-electron chi connectivity index (χ3n) is 2.59. The Balaban J connectivity index is 2.63. The molecule has 0 aliphatic carbocycles. The smallest absolute Gasteiger partial charge is 0.175 e. The van der Waals surface area contributed by atoms with Crippen molar-refractivity contribution in [2.45, 2.75) is 31.0 Å². The standard InChI is InChI=1S/C9H19NO4/c1-10-8-7(12-2)4-6(5-11)14-9(8)13-3/h6-11H,4-5H2,1-3H3. The maximum atomic E-state index is 9.02. The Morgan fingerprint density at radius 1 is 1.43 bits per heavy atom. The highest BCUT2D eigenvalue weighted by Crippen LogP contribution is 2.22. The molecule has 4 unspecified atom stereocenters. The number of aliphatic hydroxyl groups is 1. The van der Waals surface area contributed by atoms with Crippen molar-refractivity contribution in [3.05, 3.63) is 0 Å². The third kappa shape index (κ3) is 2.43. The molecule has 1 rings (SSSR count). The van der Waals surface area contributed by atoms with Gasteiger partial charge in [0.2, 0.25) is 0 Å². The van der Waals surface area contributed by atoms with Crippen LogP contribution < -0.4 is 5.32 Å². The first-order valence-electron chi connectivity index (χ1n) is 4.76. The molecule has 0 amide bonds. The van der Waals surface area contributed by atoms with E-state index in [1.165, 1.54) is 0 Å². The van der Waals surface area contributed by atoms with Crippen LogP contribution in [0.25, 0.3) is 0 Å². The highest BCUT2D eigenvalue weighted by molar-refractivity contribution is 4.86. The minimum absolute atomic E-state index is 0.00382. The zero-order valence-electron chi connectivity index (χ0n) is 8.90. The Morgan fingerprint density at radius 3 is 2.57 bits per heavy atom. The Morgan fingerprint density at radius 2 is 2.14 bits per heavy atom. The van der Waals surface area contributed by atoms with Gasteiger partial charge in [-0.25, -0.2) is 0 Å². The van der Waals surface area contributed by atoms with Gasteiger partial charge in [-0.2, -0.15) is 0 Å². The first kappa shape index (κ1) is 11.9. The molecule has 1 aliphatic rings. The molecule has 4 atom stereocenters. The molecule has 0 saturated carbocycles. The maximum absolute atomic E-state index is 9.02. The van der Waals surface area contributed by atoms with Crippen molar-refractivity contribution < 1.29 is 19.3 Å². The number of aliphatic hydroxyl groups excluding tert-OH is 1. The summed E-state index contributed by atoms with van der Waals surface area (Å²) >= 11 is 0. The van der Waals surface area contributed by atoms with Gasteiger partial charge < -0.3 is 24.6 Å². The second-order valence-corrected chi connectivity index (χ2v) is 3.37. The van der Waals surface area contributed by atoms with Crippen molar-refractivity contribution in [3.8, 4) is 0 Å². The summed E-state index contributed by atoms with van der Waals surface area (Å²) in [7, 11) is 5.08. The normalized spacial score (nSPS) is 38.6. The van der Waals surface area contributed by atoms with E-state index in [0.29, 0.717) is 6.42 Å². The van der Waals surface area contributed by atoms with Gasteiger partial charge in [0.15, 0.2) is 6.29 Å². The van der Waals surface area contributed by atoms with Crippen molar-refractivity contribution in [3.63, 3.8) is 0 Å². The lowest BCUT2D eigenvalue weighted by Crippen LogP contribution is -2.56. The summed E-state index contributed by atoms with van der Waals surface area (Å²) in [6.45, 7) is -0.00382. The van der Waals surface area contributed by atoms with Crippen LogP contribution in [0.1, 0.15) is 6.42 Å². The van der Waals surface area contributed by atoms with E-state index >= 15 is 0 Å². The summed E-state index contributed by atoms with van der Waals surface area (Å²) in [5.74, 6) is 0. The predicted octanol–water partition coefficient (Wildman–Crippen LogP) is -0.657. The first-order chi connectivity index (χ1) is 6.76. The molecular formula is C9H19NO4. The van der Waals surface area contributed by atoms with E-state index in [9.17, 15) is 0 Å². The molecule has 5 nitrogen and oxygen atoms in total. The van der Waals surface area contributed by atoms with E-state index in [1.54, 1.807) is 14.2 Å². The largest absolute Gasteiger partial charge is 0.394 e. The average Bonchev–Trinajstić information content (AvgIpc) is 2.26. The summed E-state index contributed by atoms with van der Waals surface area (Å²) in [5.41, 5.74) is 0. The van der Waals surface area contributed by atoms with Crippen LogP contribution in [0.2, 0.25) is 0 Å². The van der Waals surface area contributed by atoms with E-state index in [1.807, 2.05) is 7.05 Å². The summed E-state index contributed by atoms with van der Waals surface area (Å²) in [5, 5.41) is 12.1. The Bertz CT molecular complexity index is 153. The third-order valence-corrected chi connectivity index (χ3v) is 2.59. The molecule has 1 fully saturated rings. The fourth-order valence-corrected chi connectivity index (χ4v) is 1.80. The van der Waals surface area contributed by atoms with Crippen LogP contribution in [-0.4, -0.2) is 57.5 Å². The number of ether oxygens (including phenoxy) is 3. The number of nitrogens with one attached hydrogen (secondary N) is 1. The van der Waals surface area contributed by atoms with Crippen LogP contribution in [0, 0.1) is 0 Å². The maximum Gasteiger partial charge on any atom is 0.175 e. The molecule has 2 N–H and O–H groups in total. The summed E-state index contributed by atoms with van der Waals surface area (Å²) in [4.78, 5) is 0. The lowest BCUT2D eigenvalue weighted by Gasteiger charge is -2.39. The molecule has 0 radical (unpaired) electrons. The molecule has 0 aromatic heterocycles. The summed E-state index contributed by atoms with van der Waals surface area (Å²) in [6, 6.07) is 0.00722. The molecule has 0 bridgehead atoms. The van der Waals surface area contributed by atoms with Gasteiger partial charge in [0.05, 0.1) is 24.9 Å². The fourth-order valence-electron chi connectivity index (χ4n) is 1.80. The minimum atomic E-state index is -0.365. The fraction of sp³-hybridized carbons (Fsp3) is 1.00. The van der Waals surface area contributed by atoms with Gasteiger partial charge >= 0.3 is 0 Å². The molecule has 0 aromatic carbocycles. The summed E-state index contributed by atoms with van der Waals surface area (Å²) < 4.78 is 16.0. The quantitative estimate of drug-likeness (QED) is 0.638. The molecule has 5 heteroatoms. The second kappa shape index (κ2) is 5.63. The second-order valence-electron chi connectivity index (χ2n) is 3.37. The SMILES string of the molecule is CNC1C(OC)CC(CO)OC1OC. The molecule has 0 spiro atoms. The van der Waals surface area contributed by atoms with Crippen LogP contribution in [0.15, 0.2) is 0 Å². The molecule has 84 valence electrons. The number of likely N-dealkylation sites (N-methyl/N-ethyl adjacent to an activating group) is 1. The molecule has 1 saturated heterocycles. The van der Waals surface area contributed by atoms with Crippen LogP contribution >= 0.6 is 0 Å². The Kier molecular flexibility index (Phi) is 4.77. The lowest BCUT2D eigenvalue weighted by molar-refractivity contribution is -0.229. The molecular weight excluding hydrogens is 186 g/mol. The average molecular weight is 205 g/mol. The van der Waals surface area contributed by atoms with Gasteiger partial charge in [-0.15, -0.1) is 0 Å². The van der Waals surface area contributed by atoms with E-state index in [-0.39, 0.29) is 31.1 Å². The van der Waals surface area contributed by atoms with Crippen molar-refractivity contribution in [1.29, 1.82) is 0 Å². The van der Waals surface area contributed by atoms with E-state index in [4.69, 9.17) is 19.3 Å². The molecule has 0 aromatic rings. The number of hydrogen-bond donors (Lipinski definition) is 2.